The fourth-order valence-electron chi connectivity index (χ4n) is 2.06. The lowest BCUT2D eigenvalue weighted by atomic mass is 9.99. The summed E-state index contributed by atoms with van der Waals surface area (Å²) in [7, 11) is 0. The van der Waals surface area contributed by atoms with Gasteiger partial charge >= 0.3 is 0 Å². The maximum Gasteiger partial charge on any atom is 0.0783 e. The zero-order valence-electron chi connectivity index (χ0n) is 10.2. The van der Waals surface area contributed by atoms with E-state index in [0.717, 1.165) is 12.7 Å². The first kappa shape index (κ1) is 14.5. The average Bonchev–Trinajstić information content (AvgIpc) is 2.83. The van der Waals surface area contributed by atoms with E-state index in [1.54, 1.807) is 11.3 Å². The van der Waals surface area contributed by atoms with Crippen molar-refractivity contribution in [3.63, 3.8) is 0 Å². The van der Waals surface area contributed by atoms with Gasteiger partial charge in [0, 0.05) is 25.5 Å². The minimum absolute atomic E-state index is 1.10. The third-order valence-electron chi connectivity index (χ3n) is 3.03. The molecule has 0 nitrogen and oxygen atoms in total. The molecule has 0 radical (unpaired) electrons. The van der Waals surface area contributed by atoms with Crippen molar-refractivity contribution < 1.29 is 0 Å². The molecule has 3 rings (SSSR count). The summed E-state index contributed by atoms with van der Waals surface area (Å²) in [6.07, 6.45) is 0. The van der Waals surface area contributed by atoms with Crippen LogP contribution in [0.2, 0.25) is 0 Å². The molecule has 0 saturated carbocycles. The fourth-order valence-corrected chi connectivity index (χ4v) is 4.13. The molecule has 4 heteroatoms. The van der Waals surface area contributed by atoms with Crippen molar-refractivity contribution in [3.8, 4) is 22.3 Å². The molecule has 1 aromatic heterocycles. The van der Waals surface area contributed by atoms with Gasteiger partial charge in [0.2, 0.25) is 0 Å². The van der Waals surface area contributed by atoms with Crippen molar-refractivity contribution in [3.05, 3.63) is 66.6 Å². The molecule has 0 spiro atoms. The van der Waals surface area contributed by atoms with Gasteiger partial charge in [0.05, 0.1) is 3.79 Å². The molecule has 0 atom stereocenters. The number of halogens is 3. The van der Waals surface area contributed by atoms with Gasteiger partial charge in [-0.05, 0) is 51.3 Å². The summed E-state index contributed by atoms with van der Waals surface area (Å²) < 4.78 is 3.36. The molecule has 0 fully saturated rings. The highest BCUT2D eigenvalue weighted by Gasteiger charge is 2.13. The van der Waals surface area contributed by atoms with E-state index in [9.17, 15) is 0 Å². The Labute approximate surface area is 147 Å². The molecule has 0 saturated heterocycles. The van der Waals surface area contributed by atoms with Crippen LogP contribution in [0.3, 0.4) is 0 Å². The van der Waals surface area contributed by atoms with Crippen LogP contribution in [0.25, 0.3) is 22.3 Å². The Kier molecular flexibility index (Phi) is 4.46. The van der Waals surface area contributed by atoms with Gasteiger partial charge in [-0.3, -0.25) is 0 Å². The molecule has 3 aromatic rings. The fraction of sp³-hybridized carbons (Fsp3) is 0. The molecule has 0 aliphatic carbocycles. The van der Waals surface area contributed by atoms with E-state index >= 15 is 0 Å². The molecule has 100 valence electrons. The predicted molar refractivity (Wildman–Crippen MR) is 98.3 cm³/mol. The van der Waals surface area contributed by atoms with Crippen LogP contribution in [-0.4, -0.2) is 0 Å². The van der Waals surface area contributed by atoms with E-state index in [1.807, 2.05) is 0 Å². The summed E-state index contributed by atoms with van der Waals surface area (Å²) in [5, 5.41) is 2.20. The van der Waals surface area contributed by atoms with Gasteiger partial charge in [0.15, 0.2) is 0 Å². The number of rotatable bonds is 2. The second-order valence-electron chi connectivity index (χ2n) is 4.31. The molecule has 0 aliphatic heterocycles. The first-order valence-corrected chi connectivity index (χ1v) is 9.20. The highest BCUT2D eigenvalue weighted by atomic mass is 79.9. The average molecular weight is 473 g/mol. The highest BCUT2D eigenvalue weighted by molar-refractivity contribution is 9.11. The molecule has 2 aromatic carbocycles. The van der Waals surface area contributed by atoms with Crippen LogP contribution >= 0.6 is 59.1 Å². The lowest BCUT2D eigenvalue weighted by molar-refractivity contribution is 1.59. The van der Waals surface area contributed by atoms with Gasteiger partial charge < -0.3 is 0 Å². The molecule has 20 heavy (non-hydrogen) atoms. The van der Waals surface area contributed by atoms with Crippen molar-refractivity contribution in [1.29, 1.82) is 0 Å². The van der Waals surface area contributed by atoms with Gasteiger partial charge in [-0.25, -0.2) is 0 Å². The van der Waals surface area contributed by atoms with Crippen LogP contribution in [0.1, 0.15) is 0 Å². The Morgan fingerprint density at radius 2 is 1.15 bits per heavy atom. The zero-order chi connectivity index (χ0) is 14.1. The second kappa shape index (κ2) is 6.14. The van der Waals surface area contributed by atoms with E-state index in [0.29, 0.717) is 0 Å². The molecular weight excluding hydrogens is 464 g/mol. The maximum absolute atomic E-state index is 3.68. The Morgan fingerprint density at radius 1 is 0.650 bits per heavy atom. The summed E-state index contributed by atoms with van der Waals surface area (Å²) >= 11 is 12.4. The Morgan fingerprint density at radius 3 is 1.70 bits per heavy atom. The lowest BCUT2D eigenvalue weighted by Gasteiger charge is -2.06. The molecule has 0 amide bonds. The number of thiophene rings is 1. The lowest BCUT2D eigenvalue weighted by Crippen LogP contribution is -1.81. The van der Waals surface area contributed by atoms with Crippen LogP contribution in [0, 0.1) is 0 Å². The molecular formula is C16H9Br3S. The van der Waals surface area contributed by atoms with Crippen LogP contribution < -0.4 is 0 Å². The van der Waals surface area contributed by atoms with Crippen LogP contribution in [0.5, 0.6) is 0 Å². The number of hydrogen-bond donors (Lipinski definition) is 0. The van der Waals surface area contributed by atoms with Gasteiger partial charge in [0.1, 0.15) is 0 Å². The quantitative estimate of drug-likeness (QED) is 0.365. The van der Waals surface area contributed by atoms with Gasteiger partial charge in [-0.1, -0.05) is 56.1 Å². The highest BCUT2D eigenvalue weighted by Crippen LogP contribution is 2.42. The Hall–Kier alpha value is -0.420. The van der Waals surface area contributed by atoms with Crippen LogP contribution in [0.4, 0.5) is 0 Å². The summed E-state index contributed by atoms with van der Waals surface area (Å²) in [5.74, 6) is 0. The molecule has 1 heterocycles. The summed E-state index contributed by atoms with van der Waals surface area (Å²) in [4.78, 5) is 0. The SMILES string of the molecule is Brc1ccc(-c2csc(Br)c2-c2ccc(Br)cc2)cc1. The minimum Gasteiger partial charge on any atom is -0.135 e. The smallest absolute Gasteiger partial charge is 0.0783 e. The Balaban J connectivity index is 2.14. The van der Waals surface area contributed by atoms with Crippen LogP contribution in [-0.2, 0) is 0 Å². The standard InChI is InChI=1S/C16H9Br3S/c17-12-5-1-10(2-6-12)14-9-20-16(19)15(14)11-3-7-13(18)8-4-11/h1-9H. The monoisotopic (exact) mass is 470 g/mol. The number of hydrogen-bond acceptors (Lipinski definition) is 1. The summed E-state index contributed by atoms with van der Waals surface area (Å²) in [5.41, 5.74) is 4.97. The largest absolute Gasteiger partial charge is 0.135 e. The van der Waals surface area contributed by atoms with Crippen molar-refractivity contribution in [1.82, 2.24) is 0 Å². The normalized spacial score (nSPS) is 10.8. The summed E-state index contributed by atoms with van der Waals surface area (Å²) in [6.45, 7) is 0. The Bertz CT molecular complexity index is 727. The van der Waals surface area contributed by atoms with Crippen LogP contribution in [0.15, 0.2) is 66.6 Å². The zero-order valence-corrected chi connectivity index (χ0v) is 15.8. The molecule has 0 N–H and O–H groups in total. The minimum atomic E-state index is 1.10. The van der Waals surface area contributed by atoms with E-state index in [1.165, 1.54) is 22.3 Å². The van der Waals surface area contributed by atoms with E-state index < -0.39 is 0 Å². The topological polar surface area (TPSA) is 0 Å². The van der Waals surface area contributed by atoms with Gasteiger partial charge in [-0.2, -0.15) is 0 Å². The van der Waals surface area contributed by atoms with E-state index in [2.05, 4.69) is 102 Å². The third kappa shape index (κ3) is 2.93. The first-order valence-electron chi connectivity index (χ1n) is 5.94. The predicted octanol–water partition coefficient (Wildman–Crippen LogP) is 7.37. The third-order valence-corrected chi connectivity index (χ3v) is 5.81. The maximum atomic E-state index is 3.68. The summed E-state index contributed by atoms with van der Waals surface area (Å²) in [6, 6.07) is 16.9. The molecule has 0 aliphatic rings. The first-order chi connectivity index (χ1) is 9.65. The van der Waals surface area contributed by atoms with Crippen molar-refractivity contribution in [2.24, 2.45) is 0 Å². The van der Waals surface area contributed by atoms with Gasteiger partial charge in [0.25, 0.3) is 0 Å². The van der Waals surface area contributed by atoms with Gasteiger partial charge in [-0.15, -0.1) is 11.3 Å². The van der Waals surface area contributed by atoms with Crippen molar-refractivity contribution >= 4 is 59.1 Å². The van der Waals surface area contributed by atoms with E-state index in [4.69, 9.17) is 0 Å². The van der Waals surface area contributed by atoms with Crippen molar-refractivity contribution in [2.75, 3.05) is 0 Å². The molecule has 0 unspecified atom stereocenters. The van der Waals surface area contributed by atoms with E-state index in [-0.39, 0.29) is 0 Å². The van der Waals surface area contributed by atoms with Crippen molar-refractivity contribution in [2.45, 2.75) is 0 Å². The second-order valence-corrected chi connectivity index (χ2v) is 8.34. The number of benzene rings is 2. The molecule has 0 bridgehead atoms.